The van der Waals surface area contributed by atoms with Crippen molar-refractivity contribution in [1.82, 2.24) is 4.90 Å². The minimum atomic E-state index is -4.75. The van der Waals surface area contributed by atoms with Crippen molar-refractivity contribution in [3.63, 3.8) is 0 Å². The van der Waals surface area contributed by atoms with Gasteiger partial charge in [0.1, 0.15) is 6.04 Å². The second-order valence-corrected chi connectivity index (χ2v) is 6.00. The molecule has 0 aromatic heterocycles. The van der Waals surface area contributed by atoms with E-state index in [2.05, 4.69) is 0 Å². The predicted octanol–water partition coefficient (Wildman–Crippen LogP) is 2.67. The van der Waals surface area contributed by atoms with E-state index in [1.807, 2.05) is 12.2 Å². The van der Waals surface area contributed by atoms with E-state index in [1.54, 1.807) is 0 Å². The molecule has 122 valence electrons. The molecule has 3 aliphatic rings. The molecular weight excluding hydrogens is 323 g/mol. The summed E-state index contributed by atoms with van der Waals surface area (Å²) < 4.78 is 39.3. The van der Waals surface area contributed by atoms with Crippen molar-refractivity contribution in [2.45, 2.75) is 24.7 Å². The van der Waals surface area contributed by atoms with Crippen molar-refractivity contribution >= 4 is 17.6 Å². The van der Waals surface area contributed by atoms with Crippen LogP contribution in [0.1, 0.15) is 17.5 Å². The summed E-state index contributed by atoms with van der Waals surface area (Å²) in [5.41, 5.74) is -1.87. The Labute approximate surface area is 134 Å². The van der Waals surface area contributed by atoms with Crippen LogP contribution in [0.4, 0.5) is 23.7 Å². The zero-order chi connectivity index (χ0) is 17.2. The second-order valence-electron chi connectivity index (χ2n) is 6.00. The van der Waals surface area contributed by atoms with E-state index in [0.29, 0.717) is 12.5 Å². The van der Waals surface area contributed by atoms with Gasteiger partial charge in [-0.2, -0.15) is 18.4 Å². The standard InChI is InChI=1S/C16H10F3N3O2/c17-16(18,19)12-6-11(4-2-9(12)7-20)22-14(23)13-8-1-3-10(5-8)21(13)15(22)24/h1-4,6,8,10,13H,5H2. The number of nitrogens with zero attached hydrogens (tertiary/aromatic N) is 3. The van der Waals surface area contributed by atoms with Gasteiger partial charge in [-0.1, -0.05) is 12.2 Å². The van der Waals surface area contributed by atoms with Gasteiger partial charge in [0, 0.05) is 5.92 Å². The number of benzene rings is 1. The van der Waals surface area contributed by atoms with Crippen molar-refractivity contribution in [3.8, 4) is 6.07 Å². The number of hydrogen-bond donors (Lipinski definition) is 0. The number of fused-ring (bicyclic) bond motifs is 5. The van der Waals surface area contributed by atoms with E-state index < -0.39 is 35.3 Å². The van der Waals surface area contributed by atoms with Crippen LogP contribution in [0, 0.1) is 17.2 Å². The SMILES string of the molecule is N#Cc1ccc(N2C(=O)C3C4C=CC(C4)N3C2=O)cc1C(F)(F)F. The van der Waals surface area contributed by atoms with Crippen molar-refractivity contribution in [1.29, 1.82) is 5.26 Å². The van der Waals surface area contributed by atoms with Crippen LogP contribution in [0.15, 0.2) is 30.4 Å². The molecule has 3 atom stereocenters. The van der Waals surface area contributed by atoms with Gasteiger partial charge in [-0.25, -0.2) is 9.69 Å². The highest BCUT2D eigenvalue weighted by Gasteiger charge is 2.57. The van der Waals surface area contributed by atoms with Crippen LogP contribution in [0.2, 0.25) is 0 Å². The van der Waals surface area contributed by atoms with Crippen LogP contribution in [0.5, 0.6) is 0 Å². The number of anilines is 1. The minimum absolute atomic E-state index is 0.0862. The first-order valence-corrected chi connectivity index (χ1v) is 7.29. The number of amides is 3. The minimum Gasteiger partial charge on any atom is -0.305 e. The van der Waals surface area contributed by atoms with Gasteiger partial charge in [0.15, 0.2) is 0 Å². The van der Waals surface area contributed by atoms with E-state index in [-0.39, 0.29) is 17.6 Å². The fourth-order valence-corrected chi connectivity index (χ4v) is 3.71. The number of nitriles is 1. The van der Waals surface area contributed by atoms with Crippen molar-refractivity contribution < 1.29 is 22.8 Å². The Balaban J connectivity index is 1.77. The predicted molar refractivity (Wildman–Crippen MR) is 75.7 cm³/mol. The third kappa shape index (κ3) is 1.81. The number of carbonyl (C=O) groups excluding carboxylic acids is 2. The lowest BCUT2D eigenvalue weighted by Crippen LogP contribution is -2.38. The van der Waals surface area contributed by atoms with Crippen molar-refractivity contribution in [2.24, 2.45) is 5.92 Å². The first-order chi connectivity index (χ1) is 11.3. The Bertz CT molecular complexity index is 810. The molecule has 2 heterocycles. The molecule has 0 N–H and O–H groups in total. The van der Waals surface area contributed by atoms with Crippen LogP contribution in [0.3, 0.4) is 0 Å². The number of alkyl halides is 3. The summed E-state index contributed by atoms with van der Waals surface area (Å²) in [7, 11) is 0. The molecule has 4 rings (SSSR count). The average Bonchev–Trinajstić information content (AvgIpc) is 3.20. The molecule has 3 amide bonds. The first-order valence-electron chi connectivity index (χ1n) is 7.29. The summed E-state index contributed by atoms with van der Waals surface area (Å²) in [6.07, 6.45) is -0.350. The van der Waals surface area contributed by atoms with Crippen LogP contribution < -0.4 is 4.90 Å². The Kier molecular flexibility index (Phi) is 2.83. The fraction of sp³-hybridized carbons (Fsp3) is 0.312. The number of urea groups is 1. The highest BCUT2D eigenvalue weighted by Crippen LogP contribution is 2.44. The van der Waals surface area contributed by atoms with Crippen LogP contribution >= 0.6 is 0 Å². The normalized spacial score (nSPS) is 27.8. The summed E-state index contributed by atoms with van der Waals surface area (Å²) in [5, 5.41) is 8.84. The number of imide groups is 1. The summed E-state index contributed by atoms with van der Waals surface area (Å²) in [4.78, 5) is 27.4. The molecule has 0 spiro atoms. The van der Waals surface area contributed by atoms with Gasteiger partial charge < -0.3 is 4.90 Å². The van der Waals surface area contributed by atoms with Crippen molar-refractivity contribution in [3.05, 3.63) is 41.5 Å². The summed E-state index contributed by atoms with van der Waals surface area (Å²) in [6, 6.07) is 2.91. The molecule has 1 aromatic carbocycles. The molecule has 8 heteroatoms. The van der Waals surface area contributed by atoms with Gasteiger partial charge in [0.05, 0.1) is 28.9 Å². The highest BCUT2D eigenvalue weighted by atomic mass is 19.4. The molecule has 2 saturated heterocycles. The molecule has 2 aliphatic heterocycles. The molecule has 1 aliphatic carbocycles. The third-order valence-electron chi connectivity index (χ3n) is 4.73. The number of carbonyl (C=O) groups is 2. The van der Waals surface area contributed by atoms with E-state index >= 15 is 0 Å². The zero-order valence-corrected chi connectivity index (χ0v) is 12.1. The molecule has 24 heavy (non-hydrogen) atoms. The van der Waals surface area contributed by atoms with Crippen LogP contribution in [-0.2, 0) is 11.0 Å². The molecule has 3 unspecified atom stereocenters. The molecule has 5 nitrogen and oxygen atoms in total. The van der Waals surface area contributed by atoms with E-state index in [1.165, 1.54) is 17.0 Å². The lowest BCUT2D eigenvalue weighted by Gasteiger charge is -2.22. The summed E-state index contributed by atoms with van der Waals surface area (Å²) >= 11 is 0. The van der Waals surface area contributed by atoms with Crippen LogP contribution in [0.25, 0.3) is 0 Å². The first kappa shape index (κ1) is 14.8. The number of hydrogen-bond acceptors (Lipinski definition) is 3. The molecule has 1 aromatic rings. The van der Waals surface area contributed by atoms with Gasteiger partial charge >= 0.3 is 12.2 Å². The van der Waals surface area contributed by atoms with Gasteiger partial charge in [0.25, 0.3) is 5.91 Å². The lowest BCUT2D eigenvalue weighted by molar-refractivity contribution is -0.137. The maximum absolute atomic E-state index is 13.1. The smallest absolute Gasteiger partial charge is 0.305 e. The summed E-state index contributed by atoms with van der Waals surface area (Å²) in [6.45, 7) is 0. The maximum atomic E-state index is 13.1. The Morgan fingerprint density at radius 2 is 1.96 bits per heavy atom. The maximum Gasteiger partial charge on any atom is 0.417 e. The second kappa shape index (κ2) is 4.60. The number of halogens is 3. The molecular formula is C16H10F3N3O2. The molecule has 0 saturated carbocycles. The zero-order valence-electron chi connectivity index (χ0n) is 12.1. The third-order valence-corrected chi connectivity index (χ3v) is 4.73. The van der Waals surface area contributed by atoms with E-state index in [0.717, 1.165) is 11.0 Å². The van der Waals surface area contributed by atoms with Gasteiger partial charge in [0.2, 0.25) is 0 Å². The Hall–Kier alpha value is -2.82. The lowest BCUT2D eigenvalue weighted by atomic mass is 10.0. The van der Waals surface area contributed by atoms with E-state index in [9.17, 15) is 22.8 Å². The monoisotopic (exact) mass is 333 g/mol. The highest BCUT2D eigenvalue weighted by molar-refractivity contribution is 6.22. The molecule has 0 radical (unpaired) electrons. The van der Waals surface area contributed by atoms with Gasteiger partial charge in [-0.3, -0.25) is 4.79 Å². The molecule has 2 bridgehead atoms. The average molecular weight is 333 g/mol. The fourth-order valence-electron chi connectivity index (χ4n) is 3.71. The van der Waals surface area contributed by atoms with Crippen molar-refractivity contribution in [2.75, 3.05) is 4.90 Å². The molecule has 2 fully saturated rings. The van der Waals surface area contributed by atoms with Gasteiger partial charge in [-0.05, 0) is 24.6 Å². The number of rotatable bonds is 1. The van der Waals surface area contributed by atoms with Crippen LogP contribution in [-0.4, -0.2) is 28.9 Å². The Morgan fingerprint density at radius 3 is 2.58 bits per heavy atom. The quantitative estimate of drug-likeness (QED) is 0.586. The summed E-state index contributed by atoms with van der Waals surface area (Å²) in [5.74, 6) is -0.605. The van der Waals surface area contributed by atoms with E-state index in [4.69, 9.17) is 5.26 Å². The van der Waals surface area contributed by atoms with Gasteiger partial charge in [-0.15, -0.1) is 0 Å². The topological polar surface area (TPSA) is 64.4 Å². The Morgan fingerprint density at radius 1 is 1.21 bits per heavy atom. The largest absolute Gasteiger partial charge is 0.417 e.